The van der Waals surface area contributed by atoms with E-state index in [0.29, 0.717) is 5.41 Å². The highest BCUT2D eigenvalue weighted by Gasteiger charge is 2.45. The lowest BCUT2D eigenvalue weighted by molar-refractivity contribution is -0.00718. The van der Waals surface area contributed by atoms with Crippen molar-refractivity contribution in [1.29, 1.82) is 0 Å². The van der Waals surface area contributed by atoms with Gasteiger partial charge in [-0.1, -0.05) is 38.2 Å². The van der Waals surface area contributed by atoms with Gasteiger partial charge in [-0.2, -0.15) is 0 Å². The maximum Gasteiger partial charge on any atom is -0.0296 e. The van der Waals surface area contributed by atoms with Crippen LogP contribution in [0.25, 0.3) is 0 Å². The zero-order chi connectivity index (χ0) is 10.0. The van der Waals surface area contributed by atoms with Crippen molar-refractivity contribution in [3.63, 3.8) is 0 Å². The van der Waals surface area contributed by atoms with Crippen molar-refractivity contribution in [2.24, 2.45) is 17.3 Å². The summed E-state index contributed by atoms with van der Waals surface area (Å²) in [5.41, 5.74) is 0.599. The molecule has 0 radical (unpaired) electrons. The SMILES string of the molecule is CC1(C)CC2C/C=C\CC/C=C\CC21. The second kappa shape index (κ2) is 3.92. The van der Waals surface area contributed by atoms with E-state index in [2.05, 4.69) is 38.2 Å². The van der Waals surface area contributed by atoms with Crippen LogP contribution in [0.3, 0.4) is 0 Å². The molecule has 0 saturated heterocycles. The third-order valence-electron chi connectivity index (χ3n) is 4.02. The van der Waals surface area contributed by atoms with E-state index in [1.807, 2.05) is 0 Å². The number of fused-ring (bicyclic) bond motifs is 1. The van der Waals surface area contributed by atoms with Gasteiger partial charge in [-0.15, -0.1) is 0 Å². The Morgan fingerprint density at radius 1 is 0.929 bits per heavy atom. The molecule has 1 fully saturated rings. The largest absolute Gasteiger partial charge is 0.0882 e. The predicted octanol–water partition coefficient (Wildman–Crippen LogP) is 4.34. The van der Waals surface area contributed by atoms with Crippen molar-refractivity contribution in [3.8, 4) is 0 Å². The van der Waals surface area contributed by atoms with Crippen LogP contribution in [0.15, 0.2) is 24.3 Å². The van der Waals surface area contributed by atoms with Gasteiger partial charge in [0.1, 0.15) is 0 Å². The van der Waals surface area contributed by atoms with Crippen LogP contribution in [0, 0.1) is 17.3 Å². The Hall–Kier alpha value is -0.520. The van der Waals surface area contributed by atoms with E-state index in [-0.39, 0.29) is 0 Å². The molecule has 0 amide bonds. The number of hydrogen-bond donors (Lipinski definition) is 0. The van der Waals surface area contributed by atoms with E-state index in [1.165, 1.54) is 32.1 Å². The fourth-order valence-electron chi connectivity index (χ4n) is 3.15. The molecule has 2 unspecified atom stereocenters. The Morgan fingerprint density at radius 2 is 1.57 bits per heavy atom. The Kier molecular flexibility index (Phi) is 2.80. The molecule has 0 aromatic heterocycles. The Bertz CT molecular complexity index is 245. The summed E-state index contributed by atoms with van der Waals surface area (Å²) in [5, 5.41) is 0. The number of rotatable bonds is 0. The number of hydrogen-bond acceptors (Lipinski definition) is 0. The van der Waals surface area contributed by atoms with Crippen LogP contribution in [0.5, 0.6) is 0 Å². The lowest BCUT2D eigenvalue weighted by Crippen LogP contribution is -2.43. The minimum Gasteiger partial charge on any atom is -0.0882 e. The van der Waals surface area contributed by atoms with Crippen molar-refractivity contribution in [2.45, 2.75) is 46.0 Å². The normalized spacial score (nSPS) is 40.4. The topological polar surface area (TPSA) is 0 Å². The Labute approximate surface area is 88.1 Å². The molecule has 1 saturated carbocycles. The summed E-state index contributed by atoms with van der Waals surface area (Å²) < 4.78 is 0. The highest BCUT2D eigenvalue weighted by atomic mass is 14.5. The third kappa shape index (κ3) is 1.94. The summed E-state index contributed by atoms with van der Waals surface area (Å²) in [7, 11) is 0. The zero-order valence-electron chi connectivity index (χ0n) is 9.50. The van der Waals surface area contributed by atoms with Gasteiger partial charge in [0.15, 0.2) is 0 Å². The fourth-order valence-corrected chi connectivity index (χ4v) is 3.15. The van der Waals surface area contributed by atoms with E-state index in [9.17, 15) is 0 Å². The van der Waals surface area contributed by atoms with Crippen LogP contribution in [-0.2, 0) is 0 Å². The fraction of sp³-hybridized carbons (Fsp3) is 0.714. The molecular weight excluding hydrogens is 168 g/mol. The monoisotopic (exact) mass is 190 g/mol. The molecule has 0 N–H and O–H groups in total. The van der Waals surface area contributed by atoms with Crippen LogP contribution in [0.4, 0.5) is 0 Å². The summed E-state index contributed by atoms with van der Waals surface area (Å²) in [6.45, 7) is 4.86. The molecule has 0 aromatic carbocycles. The lowest BCUT2D eigenvalue weighted by atomic mass is 9.53. The zero-order valence-corrected chi connectivity index (χ0v) is 9.50. The van der Waals surface area contributed by atoms with Crippen LogP contribution < -0.4 is 0 Å². The van der Waals surface area contributed by atoms with Crippen molar-refractivity contribution in [1.82, 2.24) is 0 Å². The minimum atomic E-state index is 0.599. The van der Waals surface area contributed by atoms with Gasteiger partial charge in [0.25, 0.3) is 0 Å². The molecular formula is C14H22. The lowest BCUT2D eigenvalue weighted by Gasteiger charge is -2.51. The summed E-state index contributed by atoms with van der Waals surface area (Å²) in [5.74, 6) is 1.89. The van der Waals surface area contributed by atoms with Gasteiger partial charge >= 0.3 is 0 Å². The Morgan fingerprint density at radius 3 is 2.21 bits per heavy atom. The van der Waals surface area contributed by atoms with Crippen LogP contribution >= 0.6 is 0 Å². The van der Waals surface area contributed by atoms with Gasteiger partial charge in [0.2, 0.25) is 0 Å². The third-order valence-corrected chi connectivity index (χ3v) is 4.02. The predicted molar refractivity (Wildman–Crippen MR) is 62.1 cm³/mol. The first-order valence-corrected chi connectivity index (χ1v) is 6.00. The summed E-state index contributed by atoms with van der Waals surface area (Å²) in [6, 6.07) is 0. The molecule has 78 valence electrons. The first-order chi connectivity index (χ1) is 6.70. The van der Waals surface area contributed by atoms with E-state index in [4.69, 9.17) is 0 Å². The quantitative estimate of drug-likeness (QED) is 0.499. The Balaban J connectivity index is 2.02. The maximum atomic E-state index is 2.43. The summed E-state index contributed by atoms with van der Waals surface area (Å²) in [4.78, 5) is 0. The second-order valence-corrected chi connectivity index (χ2v) is 5.55. The minimum absolute atomic E-state index is 0.599. The van der Waals surface area contributed by atoms with Gasteiger partial charge in [0.05, 0.1) is 0 Å². The van der Waals surface area contributed by atoms with Gasteiger partial charge < -0.3 is 0 Å². The molecule has 2 aliphatic rings. The van der Waals surface area contributed by atoms with Gasteiger partial charge in [-0.05, 0) is 49.4 Å². The van der Waals surface area contributed by atoms with E-state index >= 15 is 0 Å². The summed E-state index contributed by atoms with van der Waals surface area (Å²) in [6.07, 6.45) is 16.1. The van der Waals surface area contributed by atoms with Gasteiger partial charge in [-0.3, -0.25) is 0 Å². The molecule has 0 bridgehead atoms. The van der Waals surface area contributed by atoms with Crippen LogP contribution in [0.2, 0.25) is 0 Å². The standard InChI is InChI=1S/C14H22/c1-14(2)11-12-9-7-5-3-4-6-8-10-13(12)14/h5-8,12-13H,3-4,9-11H2,1-2H3/b7-5-,8-6-. The molecule has 0 spiro atoms. The molecule has 14 heavy (non-hydrogen) atoms. The van der Waals surface area contributed by atoms with E-state index in [0.717, 1.165) is 11.8 Å². The molecule has 0 aliphatic heterocycles. The maximum absolute atomic E-state index is 2.43. The van der Waals surface area contributed by atoms with Crippen LogP contribution in [0.1, 0.15) is 46.0 Å². The molecule has 0 heterocycles. The molecule has 0 aromatic rings. The van der Waals surface area contributed by atoms with Crippen molar-refractivity contribution in [2.75, 3.05) is 0 Å². The average molecular weight is 190 g/mol. The smallest absolute Gasteiger partial charge is 0.0296 e. The molecule has 2 atom stereocenters. The van der Waals surface area contributed by atoms with Crippen molar-refractivity contribution < 1.29 is 0 Å². The molecule has 0 heteroatoms. The first kappa shape index (κ1) is 10.0. The molecule has 2 aliphatic carbocycles. The average Bonchev–Trinajstić information content (AvgIpc) is 2.14. The van der Waals surface area contributed by atoms with E-state index in [1.54, 1.807) is 0 Å². The summed E-state index contributed by atoms with van der Waals surface area (Å²) >= 11 is 0. The van der Waals surface area contributed by atoms with Crippen LogP contribution in [-0.4, -0.2) is 0 Å². The highest BCUT2D eigenvalue weighted by molar-refractivity contribution is 5.03. The van der Waals surface area contributed by atoms with Crippen molar-refractivity contribution in [3.05, 3.63) is 24.3 Å². The van der Waals surface area contributed by atoms with Gasteiger partial charge in [0, 0.05) is 0 Å². The highest BCUT2D eigenvalue weighted by Crippen LogP contribution is 2.54. The second-order valence-electron chi connectivity index (χ2n) is 5.55. The molecule has 2 rings (SSSR count). The van der Waals surface area contributed by atoms with Crippen molar-refractivity contribution >= 4 is 0 Å². The van der Waals surface area contributed by atoms with Gasteiger partial charge in [-0.25, -0.2) is 0 Å². The van der Waals surface area contributed by atoms with E-state index < -0.39 is 0 Å². The first-order valence-electron chi connectivity index (χ1n) is 6.00. The number of allylic oxidation sites excluding steroid dienone is 4. The molecule has 0 nitrogen and oxygen atoms in total.